The van der Waals surface area contributed by atoms with Crippen LogP contribution in [0.3, 0.4) is 0 Å². The van der Waals surface area contributed by atoms with E-state index in [1.54, 1.807) is 0 Å². The van der Waals surface area contributed by atoms with E-state index < -0.39 is 16.8 Å². The predicted molar refractivity (Wildman–Crippen MR) is 107 cm³/mol. The molecule has 7 heteroatoms. The fourth-order valence-electron chi connectivity index (χ4n) is 4.18. The van der Waals surface area contributed by atoms with Crippen LogP contribution in [0, 0.1) is 11.3 Å². The van der Waals surface area contributed by atoms with Gasteiger partial charge in [-0.1, -0.05) is 23.7 Å². The Labute approximate surface area is 165 Å². The first-order valence-electron chi connectivity index (χ1n) is 9.27. The van der Waals surface area contributed by atoms with E-state index in [9.17, 15) is 5.11 Å². The number of benzene rings is 1. The normalized spacial score (nSPS) is 29.9. The second-order valence-corrected chi connectivity index (χ2v) is 8.44. The molecule has 1 spiro atoms. The van der Waals surface area contributed by atoms with Crippen molar-refractivity contribution in [2.24, 2.45) is 27.1 Å². The fraction of sp³-hybridized carbons (Fsp3) is 0.600. The van der Waals surface area contributed by atoms with Gasteiger partial charge in [-0.05, 0) is 56.7 Å². The molecule has 2 atom stereocenters. The van der Waals surface area contributed by atoms with Gasteiger partial charge < -0.3 is 20.3 Å². The van der Waals surface area contributed by atoms with Crippen LogP contribution >= 0.6 is 11.6 Å². The summed E-state index contributed by atoms with van der Waals surface area (Å²) in [6, 6.07) is 7.77. The molecular formula is C20H28ClN3O3. The van der Waals surface area contributed by atoms with E-state index in [0.717, 1.165) is 24.8 Å². The molecule has 27 heavy (non-hydrogen) atoms. The first-order valence-corrected chi connectivity index (χ1v) is 9.64. The van der Waals surface area contributed by atoms with Crippen LogP contribution in [-0.4, -0.2) is 48.9 Å². The minimum absolute atomic E-state index is 0.0334. The minimum atomic E-state index is -1.05. The molecule has 0 aromatic heterocycles. The number of ether oxygens (including phenoxy) is 2. The van der Waals surface area contributed by atoms with Gasteiger partial charge in [0.25, 0.3) is 0 Å². The largest absolute Gasteiger partial charge is 0.390 e. The Morgan fingerprint density at radius 2 is 1.93 bits per heavy atom. The molecule has 1 saturated carbocycles. The Morgan fingerprint density at radius 3 is 2.56 bits per heavy atom. The van der Waals surface area contributed by atoms with Gasteiger partial charge >= 0.3 is 0 Å². The van der Waals surface area contributed by atoms with E-state index in [1.807, 2.05) is 38.1 Å². The zero-order chi connectivity index (χ0) is 19.5. The summed E-state index contributed by atoms with van der Waals surface area (Å²) in [6.45, 7) is 4.92. The lowest BCUT2D eigenvalue weighted by molar-refractivity contribution is -0.310. The molecule has 1 aliphatic carbocycles. The molecule has 1 aliphatic heterocycles. The van der Waals surface area contributed by atoms with Crippen molar-refractivity contribution in [1.82, 2.24) is 0 Å². The average Bonchev–Trinajstić information content (AvgIpc) is 2.90. The van der Waals surface area contributed by atoms with Crippen LogP contribution in [-0.2, 0) is 15.9 Å². The SMILES string of the molecule is CC1(C)OCC2(CCC(Cc3ccc(Cl)cc3)C2(O)CN=CN=CN)CO1. The zero-order valence-electron chi connectivity index (χ0n) is 15.9. The van der Waals surface area contributed by atoms with Crippen LogP contribution in [0.2, 0.25) is 5.02 Å². The quantitative estimate of drug-likeness (QED) is 0.594. The highest BCUT2D eigenvalue weighted by atomic mass is 35.5. The van der Waals surface area contributed by atoms with E-state index >= 15 is 0 Å². The second-order valence-electron chi connectivity index (χ2n) is 8.00. The third kappa shape index (κ3) is 4.19. The van der Waals surface area contributed by atoms with Gasteiger partial charge in [-0.15, -0.1) is 0 Å². The van der Waals surface area contributed by atoms with Gasteiger partial charge in [0.15, 0.2) is 5.79 Å². The maximum absolute atomic E-state index is 11.8. The molecule has 1 aromatic carbocycles. The first kappa shape index (κ1) is 20.3. The van der Waals surface area contributed by atoms with Crippen LogP contribution in [0.5, 0.6) is 0 Å². The number of nitrogens with zero attached hydrogens (tertiary/aromatic N) is 2. The molecule has 2 unspecified atom stereocenters. The molecule has 148 valence electrons. The Balaban J connectivity index is 1.85. The first-order chi connectivity index (χ1) is 12.8. The van der Waals surface area contributed by atoms with Crippen LogP contribution in [0.25, 0.3) is 0 Å². The molecule has 2 aliphatic rings. The monoisotopic (exact) mass is 393 g/mol. The topological polar surface area (TPSA) is 89.4 Å². The lowest BCUT2D eigenvalue weighted by Gasteiger charge is -2.49. The third-order valence-corrected chi connectivity index (χ3v) is 6.17. The maximum atomic E-state index is 11.8. The van der Waals surface area contributed by atoms with Gasteiger partial charge in [0.2, 0.25) is 0 Å². The molecule has 0 amide bonds. The van der Waals surface area contributed by atoms with Gasteiger partial charge in [-0.25, -0.2) is 4.99 Å². The van der Waals surface area contributed by atoms with Crippen molar-refractivity contribution < 1.29 is 14.6 Å². The summed E-state index contributed by atoms with van der Waals surface area (Å²) in [7, 11) is 0. The Hall–Kier alpha value is -1.47. The van der Waals surface area contributed by atoms with Crippen molar-refractivity contribution in [3.8, 4) is 0 Å². The number of hydrogen-bond donors (Lipinski definition) is 2. The average molecular weight is 394 g/mol. The molecular weight excluding hydrogens is 366 g/mol. The lowest BCUT2D eigenvalue weighted by Crippen LogP contribution is -2.60. The standard InChI is InChI=1S/C20H28ClN3O3/c1-18(2)26-11-19(12-27-18)8-7-16(9-15-3-5-17(21)6-4-15)20(19,25)10-23-14-24-13-22/h3-6,13-14,16,25H,7-12H2,1-2H3,(H2,22,23,24). The Bertz CT molecular complexity index is 695. The molecule has 6 nitrogen and oxygen atoms in total. The molecule has 3 N–H and O–H groups in total. The van der Waals surface area contributed by atoms with Crippen molar-refractivity contribution in [1.29, 1.82) is 0 Å². The molecule has 1 heterocycles. The predicted octanol–water partition coefficient (Wildman–Crippen LogP) is 2.81. The smallest absolute Gasteiger partial charge is 0.162 e. The van der Waals surface area contributed by atoms with Crippen molar-refractivity contribution in [3.05, 3.63) is 34.9 Å². The van der Waals surface area contributed by atoms with E-state index in [4.69, 9.17) is 26.8 Å². The Kier molecular flexibility index (Phi) is 5.91. The summed E-state index contributed by atoms with van der Waals surface area (Å²) in [6.07, 6.45) is 5.01. The maximum Gasteiger partial charge on any atom is 0.162 e. The number of halogens is 1. The molecule has 3 rings (SSSR count). The third-order valence-electron chi connectivity index (χ3n) is 5.92. The highest BCUT2D eigenvalue weighted by Crippen LogP contribution is 2.54. The van der Waals surface area contributed by atoms with Crippen LogP contribution in [0.4, 0.5) is 0 Å². The van der Waals surface area contributed by atoms with Gasteiger partial charge in [0.1, 0.15) is 6.34 Å². The highest BCUT2D eigenvalue weighted by Gasteiger charge is 2.61. The number of rotatable bonds is 5. The van der Waals surface area contributed by atoms with Crippen LogP contribution in [0.1, 0.15) is 32.3 Å². The van der Waals surface area contributed by atoms with E-state index in [1.165, 1.54) is 12.7 Å². The lowest BCUT2D eigenvalue weighted by atomic mass is 9.70. The summed E-state index contributed by atoms with van der Waals surface area (Å²) >= 11 is 6.00. The van der Waals surface area contributed by atoms with E-state index in [-0.39, 0.29) is 12.5 Å². The molecule has 1 saturated heterocycles. The van der Waals surface area contributed by atoms with Crippen molar-refractivity contribution in [2.45, 2.75) is 44.5 Å². The number of nitrogens with two attached hydrogens (primary N) is 1. The molecule has 0 radical (unpaired) electrons. The number of hydrogen-bond acceptors (Lipinski definition) is 4. The van der Waals surface area contributed by atoms with E-state index in [2.05, 4.69) is 9.98 Å². The van der Waals surface area contributed by atoms with Crippen LogP contribution < -0.4 is 5.73 Å². The fourth-order valence-corrected chi connectivity index (χ4v) is 4.30. The highest BCUT2D eigenvalue weighted by molar-refractivity contribution is 6.30. The Morgan fingerprint density at radius 1 is 1.26 bits per heavy atom. The van der Waals surface area contributed by atoms with Crippen molar-refractivity contribution >= 4 is 24.3 Å². The van der Waals surface area contributed by atoms with Gasteiger partial charge in [-0.2, -0.15) is 0 Å². The second kappa shape index (κ2) is 7.87. The summed E-state index contributed by atoms with van der Waals surface area (Å²) in [5.41, 5.74) is 4.87. The van der Waals surface area contributed by atoms with Gasteiger partial charge in [-0.3, -0.25) is 4.99 Å². The summed E-state index contributed by atoms with van der Waals surface area (Å²) < 4.78 is 11.9. The summed E-state index contributed by atoms with van der Waals surface area (Å²) in [5.74, 6) is -0.598. The molecule has 0 bridgehead atoms. The van der Waals surface area contributed by atoms with Crippen molar-refractivity contribution in [2.75, 3.05) is 19.8 Å². The molecule has 1 aromatic rings. The number of aliphatic hydroxyl groups is 1. The van der Waals surface area contributed by atoms with Gasteiger partial charge in [0, 0.05) is 10.4 Å². The van der Waals surface area contributed by atoms with Gasteiger partial charge in [0.05, 0.1) is 31.7 Å². The minimum Gasteiger partial charge on any atom is -0.390 e. The van der Waals surface area contributed by atoms with Crippen molar-refractivity contribution in [3.63, 3.8) is 0 Å². The molecule has 2 fully saturated rings. The van der Waals surface area contributed by atoms with Crippen LogP contribution in [0.15, 0.2) is 34.3 Å². The van der Waals surface area contributed by atoms with E-state index in [0.29, 0.717) is 18.2 Å². The summed E-state index contributed by atoms with van der Waals surface area (Å²) in [4.78, 5) is 8.13. The zero-order valence-corrected chi connectivity index (χ0v) is 16.7. The summed E-state index contributed by atoms with van der Waals surface area (Å²) in [5, 5.41) is 12.5. The number of aliphatic imine (C=N–C) groups is 2.